The SMILES string of the molecule is Cn1nc(NC(=O)N=S(=O)=O)nc1C1CC1. The summed E-state index contributed by atoms with van der Waals surface area (Å²) in [6.07, 6.45) is 2.13. The van der Waals surface area contributed by atoms with E-state index in [1.165, 1.54) is 0 Å². The first kappa shape index (κ1) is 10.7. The van der Waals surface area contributed by atoms with Crippen LogP contribution in [0.25, 0.3) is 0 Å². The second-order valence-electron chi connectivity index (χ2n) is 3.43. The van der Waals surface area contributed by atoms with Crippen molar-refractivity contribution in [1.29, 1.82) is 0 Å². The Hall–Kier alpha value is -1.77. The Morgan fingerprint density at radius 2 is 2.25 bits per heavy atom. The molecule has 0 aromatic carbocycles. The summed E-state index contributed by atoms with van der Waals surface area (Å²) >= 11 is 0. The number of amides is 2. The summed E-state index contributed by atoms with van der Waals surface area (Å²) in [4.78, 5) is 15.0. The monoisotopic (exact) mass is 243 g/mol. The second-order valence-corrected chi connectivity index (χ2v) is 4.05. The van der Waals surface area contributed by atoms with Crippen LogP contribution in [-0.4, -0.2) is 29.2 Å². The van der Waals surface area contributed by atoms with Crippen LogP contribution in [0.1, 0.15) is 24.6 Å². The molecule has 0 radical (unpaired) electrons. The van der Waals surface area contributed by atoms with Gasteiger partial charge < -0.3 is 0 Å². The summed E-state index contributed by atoms with van der Waals surface area (Å²) in [5.41, 5.74) is 0. The Morgan fingerprint density at radius 3 is 2.81 bits per heavy atom. The van der Waals surface area contributed by atoms with E-state index in [1.54, 1.807) is 11.7 Å². The Kier molecular flexibility index (Phi) is 2.69. The minimum atomic E-state index is -2.76. The molecule has 1 N–H and O–H groups in total. The van der Waals surface area contributed by atoms with Gasteiger partial charge in [0, 0.05) is 13.0 Å². The van der Waals surface area contributed by atoms with Gasteiger partial charge in [0.05, 0.1) is 0 Å². The zero-order valence-electron chi connectivity index (χ0n) is 8.41. The number of carbonyl (C=O) groups is 1. The minimum absolute atomic E-state index is 0.0728. The van der Waals surface area contributed by atoms with Gasteiger partial charge in [0.1, 0.15) is 5.82 Å². The molecule has 1 fully saturated rings. The predicted molar refractivity (Wildman–Crippen MR) is 53.3 cm³/mol. The van der Waals surface area contributed by atoms with E-state index < -0.39 is 16.5 Å². The Labute approximate surface area is 92.4 Å². The van der Waals surface area contributed by atoms with E-state index in [9.17, 15) is 13.2 Å². The molecule has 1 saturated carbocycles. The number of aromatic nitrogens is 3. The molecular formula is C7H9N5O3S. The van der Waals surface area contributed by atoms with E-state index in [1.807, 2.05) is 0 Å². The first-order valence-corrected chi connectivity index (χ1v) is 5.62. The van der Waals surface area contributed by atoms with Crippen LogP contribution in [0.15, 0.2) is 4.36 Å². The summed E-state index contributed by atoms with van der Waals surface area (Å²) in [5.74, 6) is 1.26. The van der Waals surface area contributed by atoms with Crippen LogP contribution in [0.5, 0.6) is 0 Å². The number of anilines is 1. The largest absolute Gasteiger partial charge is 0.362 e. The lowest BCUT2D eigenvalue weighted by atomic mass is 10.4. The fourth-order valence-electron chi connectivity index (χ4n) is 1.33. The Bertz CT molecular complexity index is 549. The van der Waals surface area contributed by atoms with E-state index in [4.69, 9.17) is 0 Å². The highest BCUT2D eigenvalue weighted by molar-refractivity contribution is 7.62. The van der Waals surface area contributed by atoms with Gasteiger partial charge in [0.15, 0.2) is 0 Å². The topological polar surface area (TPSA) is 106 Å². The van der Waals surface area contributed by atoms with Crippen LogP contribution in [0.3, 0.4) is 0 Å². The lowest BCUT2D eigenvalue weighted by Crippen LogP contribution is -2.07. The fourth-order valence-corrected chi connectivity index (χ4v) is 1.51. The van der Waals surface area contributed by atoms with Crippen LogP contribution in [-0.2, 0) is 17.5 Å². The molecule has 9 heteroatoms. The average molecular weight is 243 g/mol. The summed E-state index contributed by atoms with van der Waals surface area (Å²) in [6.45, 7) is 0. The molecule has 86 valence electrons. The molecule has 0 atom stereocenters. The van der Waals surface area contributed by atoms with Crippen molar-refractivity contribution >= 4 is 22.5 Å². The molecule has 8 nitrogen and oxygen atoms in total. The average Bonchev–Trinajstić information content (AvgIpc) is 2.90. The van der Waals surface area contributed by atoms with Gasteiger partial charge in [-0.1, -0.05) is 4.36 Å². The molecule has 1 aliphatic rings. The molecule has 0 saturated heterocycles. The smallest absolute Gasteiger partial charge is 0.272 e. The van der Waals surface area contributed by atoms with Gasteiger partial charge in [-0.25, -0.2) is 4.79 Å². The Balaban J connectivity index is 2.13. The Morgan fingerprint density at radius 1 is 1.56 bits per heavy atom. The first-order chi connectivity index (χ1) is 7.56. The zero-order valence-corrected chi connectivity index (χ0v) is 9.23. The predicted octanol–water partition coefficient (Wildman–Crippen LogP) is 0.287. The highest BCUT2D eigenvalue weighted by Gasteiger charge is 2.29. The third-order valence-corrected chi connectivity index (χ3v) is 2.43. The standard InChI is InChI=1S/C7H9N5O3S/c1-12-5(4-2-3-4)8-6(10-12)9-7(13)11-16(14)15/h4H,2-3H2,1H3,(H,9,10,13). The van der Waals surface area contributed by atoms with Crippen molar-refractivity contribution in [2.75, 3.05) is 5.32 Å². The number of aryl methyl sites for hydroxylation is 1. The van der Waals surface area contributed by atoms with Crippen molar-refractivity contribution in [2.24, 2.45) is 11.4 Å². The van der Waals surface area contributed by atoms with Crippen LogP contribution in [0, 0.1) is 0 Å². The van der Waals surface area contributed by atoms with Crippen LogP contribution in [0.2, 0.25) is 0 Å². The number of nitrogens with zero attached hydrogens (tertiary/aromatic N) is 4. The van der Waals surface area contributed by atoms with Crippen molar-refractivity contribution in [2.45, 2.75) is 18.8 Å². The van der Waals surface area contributed by atoms with Crippen LogP contribution in [0.4, 0.5) is 10.7 Å². The molecule has 1 heterocycles. The molecule has 2 amide bonds. The van der Waals surface area contributed by atoms with Gasteiger partial charge in [-0.15, -0.1) is 5.10 Å². The molecule has 0 aliphatic heterocycles. The van der Waals surface area contributed by atoms with Crippen molar-refractivity contribution in [3.63, 3.8) is 0 Å². The maximum absolute atomic E-state index is 11.0. The number of rotatable bonds is 2. The number of carbonyl (C=O) groups excluding carboxylic acids is 1. The molecule has 1 aromatic heterocycles. The summed E-state index contributed by atoms with van der Waals surface area (Å²) in [6, 6.07) is -0.999. The number of nitrogens with one attached hydrogen (secondary N) is 1. The second kappa shape index (κ2) is 4.00. The molecule has 1 aromatic rings. The van der Waals surface area contributed by atoms with Crippen molar-refractivity contribution in [1.82, 2.24) is 14.8 Å². The first-order valence-electron chi connectivity index (χ1n) is 4.59. The van der Waals surface area contributed by atoms with E-state index in [2.05, 4.69) is 19.8 Å². The van der Waals surface area contributed by atoms with Crippen LogP contribution >= 0.6 is 0 Å². The normalized spacial score (nSPS) is 14.6. The molecule has 0 unspecified atom stereocenters. The summed E-state index contributed by atoms with van der Waals surface area (Å²) in [7, 11) is -1.04. The molecule has 0 spiro atoms. The van der Waals surface area contributed by atoms with E-state index >= 15 is 0 Å². The molecule has 1 aliphatic carbocycles. The van der Waals surface area contributed by atoms with Crippen molar-refractivity contribution < 1.29 is 13.2 Å². The summed E-state index contributed by atoms with van der Waals surface area (Å²) in [5, 5.41) is 6.11. The lowest BCUT2D eigenvalue weighted by molar-refractivity contribution is 0.259. The number of hydrogen-bond donors (Lipinski definition) is 1. The van der Waals surface area contributed by atoms with Gasteiger partial charge in [-0.05, 0) is 12.8 Å². The highest BCUT2D eigenvalue weighted by Crippen LogP contribution is 2.38. The molecular weight excluding hydrogens is 234 g/mol. The maximum atomic E-state index is 11.0. The lowest BCUT2D eigenvalue weighted by Gasteiger charge is -1.92. The van der Waals surface area contributed by atoms with Crippen LogP contribution < -0.4 is 5.32 Å². The van der Waals surface area contributed by atoms with Crippen molar-refractivity contribution in [3.05, 3.63) is 5.82 Å². The van der Waals surface area contributed by atoms with Gasteiger partial charge in [0.2, 0.25) is 0 Å². The quantitative estimate of drug-likeness (QED) is 0.803. The molecule has 16 heavy (non-hydrogen) atoms. The minimum Gasteiger partial charge on any atom is -0.272 e. The van der Waals surface area contributed by atoms with Gasteiger partial charge in [-0.3, -0.25) is 10.00 Å². The third-order valence-electron chi connectivity index (χ3n) is 2.12. The number of hydrogen-bond acceptors (Lipinski definition) is 5. The van der Waals surface area contributed by atoms with Gasteiger partial charge in [-0.2, -0.15) is 13.4 Å². The summed E-state index contributed by atoms with van der Waals surface area (Å²) < 4.78 is 24.6. The highest BCUT2D eigenvalue weighted by atomic mass is 32.2. The zero-order chi connectivity index (χ0) is 11.7. The fraction of sp³-hybridized carbons (Fsp3) is 0.571. The van der Waals surface area contributed by atoms with Crippen molar-refractivity contribution in [3.8, 4) is 0 Å². The molecule has 2 rings (SSSR count). The number of urea groups is 1. The molecule has 0 bridgehead atoms. The van der Waals surface area contributed by atoms with E-state index in [-0.39, 0.29) is 5.95 Å². The van der Waals surface area contributed by atoms with Gasteiger partial charge in [0.25, 0.3) is 5.95 Å². The van der Waals surface area contributed by atoms with Gasteiger partial charge >= 0.3 is 16.5 Å². The maximum Gasteiger partial charge on any atom is 0.362 e. The third kappa shape index (κ3) is 2.42. The van der Waals surface area contributed by atoms with E-state index in [0.717, 1.165) is 18.7 Å². The van der Waals surface area contributed by atoms with E-state index in [0.29, 0.717) is 5.92 Å².